The second-order valence-corrected chi connectivity index (χ2v) is 6.47. The summed E-state index contributed by atoms with van der Waals surface area (Å²) in [7, 11) is 0. The monoisotopic (exact) mass is 339 g/mol. The summed E-state index contributed by atoms with van der Waals surface area (Å²) in [6, 6.07) is 4.04. The molecule has 1 aliphatic rings. The van der Waals surface area contributed by atoms with E-state index < -0.39 is 0 Å². The number of phenolic OH excluding ortho intramolecular Hbond substituents is 1. The van der Waals surface area contributed by atoms with Crippen LogP contribution >= 0.6 is 0 Å². The maximum Gasteiger partial charge on any atom is 0.340 e. The first-order valence-corrected chi connectivity index (χ1v) is 8.60. The van der Waals surface area contributed by atoms with Crippen LogP contribution in [0.5, 0.6) is 5.75 Å². The number of carbonyl (C=O) groups is 1. The molecule has 0 radical (unpaired) electrons. The van der Waals surface area contributed by atoms with Gasteiger partial charge in [0.15, 0.2) is 0 Å². The summed E-state index contributed by atoms with van der Waals surface area (Å²) in [5.41, 5.74) is 3.18. The van der Waals surface area contributed by atoms with Gasteiger partial charge in [-0.1, -0.05) is 0 Å². The number of hydrogen-bond acceptors (Lipinski definition) is 4. The summed E-state index contributed by atoms with van der Waals surface area (Å²) in [6.07, 6.45) is 7.47. The zero-order valence-corrected chi connectivity index (χ0v) is 14.4. The maximum absolute atomic E-state index is 12.7. The first kappa shape index (κ1) is 15.7. The lowest BCUT2D eigenvalue weighted by Crippen LogP contribution is -2.08. The van der Waals surface area contributed by atoms with Gasteiger partial charge in [-0.3, -0.25) is 0 Å². The summed E-state index contributed by atoms with van der Waals surface area (Å²) in [5.74, 6) is -0.151. The summed E-state index contributed by atoms with van der Waals surface area (Å²) >= 11 is 0. The Kier molecular flexibility index (Phi) is 3.75. The van der Waals surface area contributed by atoms with Crippen LogP contribution in [-0.2, 0) is 11.3 Å². The van der Waals surface area contributed by atoms with Gasteiger partial charge < -0.3 is 19.0 Å². The molecular weight excluding hydrogens is 318 g/mol. The topological polar surface area (TPSA) is 69.3 Å². The van der Waals surface area contributed by atoms with Crippen molar-refractivity contribution in [3.8, 4) is 5.75 Å². The van der Waals surface area contributed by atoms with Crippen LogP contribution in [0.1, 0.15) is 47.4 Å². The highest BCUT2D eigenvalue weighted by Crippen LogP contribution is 2.43. The van der Waals surface area contributed by atoms with E-state index in [-0.39, 0.29) is 11.7 Å². The second kappa shape index (κ2) is 5.95. The third kappa shape index (κ3) is 2.58. The van der Waals surface area contributed by atoms with Crippen LogP contribution < -0.4 is 0 Å². The summed E-state index contributed by atoms with van der Waals surface area (Å²) < 4.78 is 9.41. The van der Waals surface area contributed by atoms with Crippen molar-refractivity contribution >= 4 is 16.9 Å². The van der Waals surface area contributed by atoms with Crippen molar-refractivity contribution in [2.45, 2.75) is 39.3 Å². The number of aromatic nitrogens is 3. The highest BCUT2D eigenvalue weighted by molar-refractivity contribution is 6.08. The van der Waals surface area contributed by atoms with Crippen LogP contribution in [0.3, 0.4) is 0 Å². The number of esters is 1. The van der Waals surface area contributed by atoms with Gasteiger partial charge >= 0.3 is 5.97 Å². The van der Waals surface area contributed by atoms with Gasteiger partial charge in [-0.25, -0.2) is 9.78 Å². The number of phenols is 1. The minimum atomic E-state index is -0.332. The van der Waals surface area contributed by atoms with Crippen molar-refractivity contribution in [2.75, 3.05) is 6.61 Å². The zero-order valence-electron chi connectivity index (χ0n) is 14.4. The summed E-state index contributed by atoms with van der Waals surface area (Å²) in [4.78, 5) is 16.7. The van der Waals surface area contributed by atoms with Crippen molar-refractivity contribution in [3.63, 3.8) is 0 Å². The number of fused-ring (bicyclic) bond motifs is 1. The lowest BCUT2D eigenvalue weighted by Gasteiger charge is -2.10. The van der Waals surface area contributed by atoms with E-state index in [1.165, 1.54) is 0 Å². The number of imidazole rings is 1. The van der Waals surface area contributed by atoms with Crippen molar-refractivity contribution in [2.24, 2.45) is 0 Å². The maximum atomic E-state index is 12.7. The molecule has 3 aromatic rings. The van der Waals surface area contributed by atoms with Gasteiger partial charge in [-0.15, -0.1) is 0 Å². The minimum Gasteiger partial charge on any atom is -0.508 e. The average molecular weight is 339 g/mol. The molecule has 0 spiro atoms. The van der Waals surface area contributed by atoms with Gasteiger partial charge in [0.25, 0.3) is 0 Å². The van der Waals surface area contributed by atoms with E-state index >= 15 is 0 Å². The molecule has 2 aromatic heterocycles. The van der Waals surface area contributed by atoms with E-state index in [0.717, 1.165) is 35.0 Å². The number of benzene rings is 1. The molecule has 1 fully saturated rings. The Morgan fingerprint density at radius 1 is 1.40 bits per heavy atom. The Morgan fingerprint density at radius 2 is 2.20 bits per heavy atom. The fourth-order valence-electron chi connectivity index (χ4n) is 3.57. The summed E-state index contributed by atoms with van der Waals surface area (Å²) in [6.45, 7) is 4.54. The van der Waals surface area contributed by atoms with Gasteiger partial charge in [0.2, 0.25) is 0 Å². The number of rotatable bonds is 5. The number of carbonyl (C=O) groups excluding carboxylic acids is 1. The van der Waals surface area contributed by atoms with Gasteiger partial charge in [-0.2, -0.15) is 0 Å². The average Bonchev–Trinajstić information content (AvgIpc) is 3.18. The number of nitrogens with zero attached hydrogens (tertiary/aromatic N) is 3. The number of hydrogen-bond donors (Lipinski definition) is 1. The van der Waals surface area contributed by atoms with Crippen LogP contribution in [0, 0.1) is 6.92 Å². The second-order valence-electron chi connectivity index (χ2n) is 6.47. The predicted molar refractivity (Wildman–Crippen MR) is 93.9 cm³/mol. The Labute approximate surface area is 145 Å². The standard InChI is InChI=1S/C19H21N3O3/c1-3-25-19(24)17-12(2)22(13-4-5-13)15-6-7-16(23)14(18(15)17)10-21-9-8-20-11-21/h6-9,11,13,23H,3-5,10H2,1-2H3. The smallest absolute Gasteiger partial charge is 0.340 e. The quantitative estimate of drug-likeness (QED) is 0.723. The van der Waals surface area contributed by atoms with Crippen LogP contribution in [0.15, 0.2) is 30.9 Å². The predicted octanol–water partition coefficient (Wildman–Crippen LogP) is 3.41. The van der Waals surface area contributed by atoms with Gasteiger partial charge in [0, 0.05) is 40.6 Å². The molecule has 130 valence electrons. The molecule has 0 saturated heterocycles. The highest BCUT2D eigenvalue weighted by atomic mass is 16.5. The molecule has 0 atom stereocenters. The molecule has 0 aliphatic heterocycles. The van der Waals surface area contributed by atoms with Gasteiger partial charge in [0.05, 0.1) is 25.0 Å². The Hall–Kier alpha value is -2.76. The Morgan fingerprint density at radius 3 is 2.84 bits per heavy atom. The van der Waals surface area contributed by atoms with E-state index in [0.29, 0.717) is 24.8 Å². The van der Waals surface area contributed by atoms with Crippen LogP contribution in [0.25, 0.3) is 10.9 Å². The van der Waals surface area contributed by atoms with Gasteiger partial charge in [0.1, 0.15) is 5.75 Å². The first-order valence-electron chi connectivity index (χ1n) is 8.60. The Balaban J connectivity index is 1.98. The molecule has 1 saturated carbocycles. The van der Waals surface area contributed by atoms with Crippen LogP contribution in [0.4, 0.5) is 0 Å². The molecule has 1 N–H and O–H groups in total. The SMILES string of the molecule is CCOC(=O)c1c(C)n(C2CC2)c2ccc(O)c(Cn3ccnc3)c12. The highest BCUT2D eigenvalue weighted by Gasteiger charge is 2.32. The molecule has 6 heteroatoms. The van der Waals surface area contributed by atoms with E-state index in [1.54, 1.807) is 25.5 Å². The van der Waals surface area contributed by atoms with Gasteiger partial charge in [-0.05, 0) is 38.8 Å². The van der Waals surface area contributed by atoms with E-state index in [9.17, 15) is 9.90 Å². The third-order valence-electron chi connectivity index (χ3n) is 4.79. The molecule has 0 unspecified atom stereocenters. The molecule has 25 heavy (non-hydrogen) atoms. The molecule has 6 nitrogen and oxygen atoms in total. The lowest BCUT2D eigenvalue weighted by atomic mass is 10.0. The molecule has 0 bridgehead atoms. The Bertz CT molecular complexity index is 937. The molecule has 4 rings (SSSR count). The van der Waals surface area contributed by atoms with Crippen molar-refractivity contribution in [3.05, 3.63) is 47.7 Å². The largest absolute Gasteiger partial charge is 0.508 e. The molecular formula is C19H21N3O3. The molecule has 0 amide bonds. The number of ether oxygens (including phenoxy) is 1. The molecule has 1 aliphatic carbocycles. The van der Waals surface area contributed by atoms with Crippen molar-refractivity contribution in [1.29, 1.82) is 0 Å². The summed E-state index contributed by atoms with van der Waals surface area (Å²) in [5, 5.41) is 11.3. The van der Waals surface area contributed by atoms with E-state index in [4.69, 9.17) is 4.74 Å². The van der Waals surface area contributed by atoms with Crippen molar-refractivity contribution in [1.82, 2.24) is 14.1 Å². The molecule has 2 heterocycles. The normalized spacial score (nSPS) is 14.2. The minimum absolute atomic E-state index is 0.180. The van der Waals surface area contributed by atoms with Crippen LogP contribution in [0.2, 0.25) is 0 Å². The molecule has 1 aromatic carbocycles. The van der Waals surface area contributed by atoms with Crippen LogP contribution in [-0.4, -0.2) is 31.8 Å². The van der Waals surface area contributed by atoms with E-state index in [2.05, 4.69) is 9.55 Å². The third-order valence-corrected chi connectivity index (χ3v) is 4.79. The first-order chi connectivity index (χ1) is 12.1. The fourth-order valence-corrected chi connectivity index (χ4v) is 3.57. The zero-order chi connectivity index (χ0) is 17.6. The fraction of sp³-hybridized carbons (Fsp3) is 0.368. The lowest BCUT2D eigenvalue weighted by molar-refractivity contribution is 0.0527. The number of aromatic hydroxyl groups is 1. The van der Waals surface area contributed by atoms with E-state index in [1.807, 2.05) is 23.8 Å². The van der Waals surface area contributed by atoms with Crippen molar-refractivity contribution < 1.29 is 14.6 Å².